The zero-order chi connectivity index (χ0) is 6.04. The van der Waals surface area contributed by atoms with E-state index in [0.717, 1.165) is 0 Å². The Labute approximate surface area is 48.8 Å². The fraction of sp³-hybridized carbons (Fsp3) is 1.00. The summed E-state index contributed by atoms with van der Waals surface area (Å²) in [5, 5.41) is 0. The fourth-order valence-corrected chi connectivity index (χ4v) is 0.861. The number of alkyl halides is 1. The van der Waals surface area contributed by atoms with Crippen LogP contribution in [0, 0.1) is 0 Å². The first-order chi connectivity index (χ1) is 3.77. The van der Waals surface area contributed by atoms with Gasteiger partial charge >= 0.3 is 0 Å². The Morgan fingerprint density at radius 3 is 2.75 bits per heavy atom. The van der Waals surface area contributed by atoms with Crippen molar-refractivity contribution >= 4 is 0 Å². The number of halogens is 1. The molecular formula is C6H11FO. The van der Waals surface area contributed by atoms with E-state index in [1.807, 2.05) is 6.92 Å². The van der Waals surface area contributed by atoms with Crippen LogP contribution in [0.3, 0.4) is 0 Å². The highest BCUT2D eigenvalue weighted by Crippen LogP contribution is 2.25. The average Bonchev–Trinajstić information content (AvgIpc) is 2.17. The summed E-state index contributed by atoms with van der Waals surface area (Å²) < 4.78 is 17.8. The summed E-state index contributed by atoms with van der Waals surface area (Å²) in [5.74, 6) is 0. The molecule has 1 heterocycles. The van der Waals surface area contributed by atoms with Crippen LogP contribution in [-0.4, -0.2) is 18.9 Å². The third-order valence-corrected chi connectivity index (χ3v) is 1.69. The molecule has 48 valence electrons. The van der Waals surface area contributed by atoms with Crippen molar-refractivity contribution in [1.82, 2.24) is 0 Å². The molecule has 0 N–H and O–H groups in total. The zero-order valence-electron chi connectivity index (χ0n) is 5.11. The van der Waals surface area contributed by atoms with Crippen molar-refractivity contribution in [2.45, 2.75) is 25.4 Å². The van der Waals surface area contributed by atoms with Crippen LogP contribution in [0.5, 0.6) is 0 Å². The van der Waals surface area contributed by atoms with E-state index in [0.29, 0.717) is 26.1 Å². The maximum absolute atomic E-state index is 12.9. The Bertz CT molecular complexity index is 76.6. The van der Waals surface area contributed by atoms with Crippen LogP contribution in [-0.2, 0) is 4.74 Å². The second kappa shape index (κ2) is 2.02. The lowest BCUT2D eigenvalue weighted by molar-refractivity contribution is 0.109. The van der Waals surface area contributed by atoms with E-state index in [1.54, 1.807) is 0 Å². The number of ether oxygens (including phenoxy) is 1. The van der Waals surface area contributed by atoms with E-state index in [2.05, 4.69) is 0 Å². The quantitative estimate of drug-likeness (QED) is 0.507. The van der Waals surface area contributed by atoms with Gasteiger partial charge in [0.15, 0.2) is 0 Å². The maximum atomic E-state index is 12.9. The van der Waals surface area contributed by atoms with Crippen molar-refractivity contribution < 1.29 is 9.13 Å². The van der Waals surface area contributed by atoms with E-state index < -0.39 is 5.67 Å². The molecule has 0 bridgehead atoms. The lowest BCUT2D eigenvalue weighted by Crippen LogP contribution is -2.20. The molecular weight excluding hydrogens is 107 g/mol. The molecule has 0 aromatic heterocycles. The Kier molecular flexibility index (Phi) is 1.52. The molecule has 1 rings (SSSR count). The molecule has 1 atom stereocenters. The van der Waals surface area contributed by atoms with Gasteiger partial charge in [0.25, 0.3) is 0 Å². The average molecular weight is 118 g/mol. The second-order valence-electron chi connectivity index (χ2n) is 2.31. The van der Waals surface area contributed by atoms with Crippen molar-refractivity contribution in [1.29, 1.82) is 0 Å². The van der Waals surface area contributed by atoms with Crippen LogP contribution in [0.4, 0.5) is 4.39 Å². The van der Waals surface area contributed by atoms with E-state index in [9.17, 15) is 4.39 Å². The Morgan fingerprint density at radius 2 is 2.50 bits per heavy atom. The highest BCUT2D eigenvalue weighted by Gasteiger charge is 2.32. The van der Waals surface area contributed by atoms with Crippen molar-refractivity contribution in [3.63, 3.8) is 0 Å². The minimum Gasteiger partial charge on any atom is -0.378 e. The molecule has 1 aliphatic rings. The van der Waals surface area contributed by atoms with Gasteiger partial charge in [0.1, 0.15) is 5.67 Å². The van der Waals surface area contributed by atoms with Gasteiger partial charge in [-0.15, -0.1) is 0 Å². The van der Waals surface area contributed by atoms with Gasteiger partial charge in [-0.05, 0) is 6.42 Å². The predicted molar refractivity (Wildman–Crippen MR) is 29.6 cm³/mol. The summed E-state index contributed by atoms with van der Waals surface area (Å²) in [6.07, 6.45) is 1.18. The van der Waals surface area contributed by atoms with Gasteiger partial charge in [-0.25, -0.2) is 4.39 Å². The minimum absolute atomic E-state index is 0.309. The van der Waals surface area contributed by atoms with Crippen LogP contribution in [0.1, 0.15) is 19.8 Å². The molecule has 1 saturated heterocycles. The first kappa shape index (κ1) is 6.02. The van der Waals surface area contributed by atoms with Gasteiger partial charge in [0, 0.05) is 13.0 Å². The van der Waals surface area contributed by atoms with Crippen molar-refractivity contribution in [2.24, 2.45) is 0 Å². The molecule has 0 aromatic carbocycles. The lowest BCUT2D eigenvalue weighted by atomic mass is 10.0. The van der Waals surface area contributed by atoms with Crippen molar-refractivity contribution in [2.75, 3.05) is 13.2 Å². The van der Waals surface area contributed by atoms with E-state index in [1.165, 1.54) is 0 Å². The number of hydrogen-bond donors (Lipinski definition) is 0. The Balaban J connectivity index is 2.40. The van der Waals surface area contributed by atoms with Gasteiger partial charge < -0.3 is 4.74 Å². The first-order valence-corrected chi connectivity index (χ1v) is 3.03. The van der Waals surface area contributed by atoms with Crippen LogP contribution in [0.2, 0.25) is 0 Å². The van der Waals surface area contributed by atoms with Gasteiger partial charge in [-0.2, -0.15) is 0 Å². The summed E-state index contributed by atoms with van der Waals surface area (Å²) >= 11 is 0. The summed E-state index contributed by atoms with van der Waals surface area (Å²) in [5.41, 5.74) is -0.986. The molecule has 0 amide bonds. The van der Waals surface area contributed by atoms with Crippen LogP contribution >= 0.6 is 0 Å². The SMILES string of the molecule is CC[C@@]1(F)CCOC1. The van der Waals surface area contributed by atoms with E-state index in [-0.39, 0.29) is 0 Å². The Morgan fingerprint density at radius 1 is 1.75 bits per heavy atom. The Hall–Kier alpha value is -0.110. The highest BCUT2D eigenvalue weighted by atomic mass is 19.1. The summed E-state index contributed by atoms with van der Waals surface area (Å²) in [4.78, 5) is 0. The largest absolute Gasteiger partial charge is 0.378 e. The van der Waals surface area contributed by atoms with E-state index in [4.69, 9.17) is 4.74 Å². The summed E-state index contributed by atoms with van der Waals surface area (Å²) in [7, 11) is 0. The molecule has 1 aliphatic heterocycles. The first-order valence-electron chi connectivity index (χ1n) is 3.03. The molecule has 0 spiro atoms. The molecule has 0 radical (unpaired) electrons. The summed E-state index contributed by atoms with van der Waals surface area (Å²) in [6.45, 7) is 2.77. The third kappa shape index (κ3) is 0.996. The van der Waals surface area contributed by atoms with Gasteiger partial charge in [0.2, 0.25) is 0 Å². The molecule has 0 saturated carbocycles. The molecule has 1 fully saturated rings. The fourth-order valence-electron chi connectivity index (χ4n) is 0.861. The monoisotopic (exact) mass is 118 g/mol. The minimum atomic E-state index is -0.986. The highest BCUT2D eigenvalue weighted by molar-refractivity contribution is 4.80. The molecule has 1 nitrogen and oxygen atoms in total. The predicted octanol–water partition coefficient (Wildman–Crippen LogP) is 1.52. The third-order valence-electron chi connectivity index (χ3n) is 1.69. The standard InChI is InChI=1S/C6H11FO/c1-2-6(7)3-4-8-5-6/h2-5H2,1H3/t6-/m1/s1. The van der Waals surface area contributed by atoms with Gasteiger partial charge in [-0.3, -0.25) is 0 Å². The molecule has 8 heavy (non-hydrogen) atoms. The maximum Gasteiger partial charge on any atom is 0.136 e. The molecule has 0 aromatic rings. The van der Waals surface area contributed by atoms with Crippen LogP contribution in [0.25, 0.3) is 0 Å². The van der Waals surface area contributed by atoms with Gasteiger partial charge in [-0.1, -0.05) is 6.92 Å². The second-order valence-corrected chi connectivity index (χ2v) is 2.31. The smallest absolute Gasteiger partial charge is 0.136 e. The van der Waals surface area contributed by atoms with Crippen LogP contribution in [0.15, 0.2) is 0 Å². The lowest BCUT2D eigenvalue weighted by Gasteiger charge is -2.12. The molecule has 0 unspecified atom stereocenters. The van der Waals surface area contributed by atoms with Crippen molar-refractivity contribution in [3.8, 4) is 0 Å². The van der Waals surface area contributed by atoms with E-state index >= 15 is 0 Å². The summed E-state index contributed by atoms with van der Waals surface area (Å²) in [6, 6.07) is 0. The van der Waals surface area contributed by atoms with Crippen LogP contribution < -0.4 is 0 Å². The van der Waals surface area contributed by atoms with Crippen molar-refractivity contribution in [3.05, 3.63) is 0 Å². The number of rotatable bonds is 1. The number of hydrogen-bond acceptors (Lipinski definition) is 1. The van der Waals surface area contributed by atoms with Gasteiger partial charge in [0.05, 0.1) is 6.61 Å². The zero-order valence-corrected chi connectivity index (χ0v) is 5.11. The molecule has 2 heteroatoms. The normalized spacial score (nSPS) is 38.2. The topological polar surface area (TPSA) is 9.23 Å². The molecule has 0 aliphatic carbocycles.